The first kappa shape index (κ1) is 17.6. The number of rotatable bonds is 9. The van der Waals surface area contributed by atoms with Crippen LogP contribution in [0.3, 0.4) is 0 Å². The summed E-state index contributed by atoms with van der Waals surface area (Å²) in [5.41, 5.74) is 6.95. The lowest BCUT2D eigenvalue weighted by Crippen LogP contribution is -2.39. The molecule has 0 aromatic heterocycles. The molecule has 0 fully saturated rings. The lowest BCUT2D eigenvalue weighted by atomic mass is 10.1. The molecule has 1 atom stereocenters. The van der Waals surface area contributed by atoms with Crippen LogP contribution < -0.4 is 16.4 Å². The topological polar surface area (TPSA) is 87.4 Å². The van der Waals surface area contributed by atoms with Gasteiger partial charge in [-0.3, -0.25) is 4.79 Å². The number of hydrogen-bond donors (Lipinski definition) is 4. The van der Waals surface area contributed by atoms with Crippen LogP contribution >= 0.6 is 11.6 Å². The van der Waals surface area contributed by atoms with Crippen molar-refractivity contribution in [1.29, 1.82) is 0 Å². The van der Waals surface area contributed by atoms with E-state index in [4.69, 9.17) is 22.4 Å². The summed E-state index contributed by atoms with van der Waals surface area (Å²) >= 11 is 5.98. The number of aliphatic carboxylic acids is 1. The molecule has 1 aromatic rings. The van der Waals surface area contributed by atoms with Crippen molar-refractivity contribution < 1.29 is 9.90 Å². The highest BCUT2D eigenvalue weighted by molar-refractivity contribution is 6.33. The molecular weight excluding hydrogens is 290 g/mol. The molecule has 0 bridgehead atoms. The molecule has 1 unspecified atom stereocenters. The van der Waals surface area contributed by atoms with Crippen molar-refractivity contribution in [3.8, 4) is 0 Å². The SMILES string of the molecule is CCC(CC)NCC(CC(=O)O)Nc1ccc(N)c(Cl)c1. The quantitative estimate of drug-likeness (QED) is 0.526. The monoisotopic (exact) mass is 313 g/mol. The first-order valence-corrected chi connectivity index (χ1v) is 7.60. The standard InChI is InChI=1S/C15H24ClN3O2/c1-3-10(4-2)18-9-12(8-15(20)21)19-11-5-6-14(17)13(16)7-11/h5-7,10,12,18-19H,3-4,8-9,17H2,1-2H3,(H,20,21). The second kappa shape index (κ2) is 8.74. The Hall–Kier alpha value is -1.46. The molecule has 0 aliphatic carbocycles. The highest BCUT2D eigenvalue weighted by atomic mass is 35.5. The largest absolute Gasteiger partial charge is 0.481 e. The molecule has 0 heterocycles. The van der Waals surface area contributed by atoms with Gasteiger partial charge in [0.1, 0.15) is 0 Å². The molecule has 0 spiro atoms. The Bertz CT molecular complexity index is 464. The minimum absolute atomic E-state index is 0.0368. The highest BCUT2D eigenvalue weighted by Crippen LogP contribution is 2.23. The van der Waals surface area contributed by atoms with E-state index in [-0.39, 0.29) is 12.5 Å². The van der Waals surface area contributed by atoms with Gasteiger partial charge in [0.25, 0.3) is 0 Å². The Kier molecular flexibility index (Phi) is 7.32. The van der Waals surface area contributed by atoms with E-state index in [1.165, 1.54) is 0 Å². The minimum Gasteiger partial charge on any atom is -0.481 e. The summed E-state index contributed by atoms with van der Waals surface area (Å²) < 4.78 is 0. The lowest BCUT2D eigenvalue weighted by Gasteiger charge is -2.22. The fraction of sp³-hybridized carbons (Fsp3) is 0.533. The maximum atomic E-state index is 11.0. The van der Waals surface area contributed by atoms with Crippen LogP contribution in [-0.4, -0.2) is 29.7 Å². The molecule has 0 aliphatic rings. The molecule has 0 saturated heterocycles. The number of carbonyl (C=O) groups is 1. The highest BCUT2D eigenvalue weighted by Gasteiger charge is 2.15. The van der Waals surface area contributed by atoms with Crippen molar-refractivity contribution in [2.45, 2.75) is 45.2 Å². The molecule has 1 aromatic carbocycles. The van der Waals surface area contributed by atoms with Crippen LogP contribution in [0.1, 0.15) is 33.1 Å². The fourth-order valence-electron chi connectivity index (χ4n) is 2.12. The molecule has 6 heteroatoms. The van der Waals surface area contributed by atoms with E-state index in [1.807, 2.05) is 0 Å². The van der Waals surface area contributed by atoms with Crippen molar-refractivity contribution in [2.24, 2.45) is 0 Å². The van der Waals surface area contributed by atoms with E-state index < -0.39 is 5.97 Å². The van der Waals surface area contributed by atoms with Gasteiger partial charge in [-0.1, -0.05) is 25.4 Å². The molecule has 0 saturated carbocycles. The number of hydrogen-bond acceptors (Lipinski definition) is 4. The number of nitrogens with one attached hydrogen (secondary N) is 2. The molecule has 118 valence electrons. The van der Waals surface area contributed by atoms with E-state index in [1.54, 1.807) is 18.2 Å². The Morgan fingerprint density at radius 1 is 1.33 bits per heavy atom. The van der Waals surface area contributed by atoms with Crippen LogP contribution in [-0.2, 0) is 4.79 Å². The number of anilines is 2. The first-order chi connectivity index (χ1) is 9.96. The summed E-state index contributed by atoms with van der Waals surface area (Å²) in [6.07, 6.45) is 2.07. The number of benzene rings is 1. The van der Waals surface area contributed by atoms with Crippen molar-refractivity contribution >= 4 is 28.9 Å². The van der Waals surface area contributed by atoms with Crippen molar-refractivity contribution in [1.82, 2.24) is 5.32 Å². The van der Waals surface area contributed by atoms with Crippen LogP contribution in [0.2, 0.25) is 5.02 Å². The summed E-state index contributed by atoms with van der Waals surface area (Å²) in [6.45, 7) is 4.81. The van der Waals surface area contributed by atoms with Gasteiger partial charge in [0.15, 0.2) is 0 Å². The summed E-state index contributed by atoms with van der Waals surface area (Å²) in [5.74, 6) is -0.833. The van der Waals surface area contributed by atoms with Gasteiger partial charge in [0, 0.05) is 24.3 Å². The van der Waals surface area contributed by atoms with E-state index in [9.17, 15) is 4.79 Å². The second-order valence-electron chi connectivity index (χ2n) is 5.10. The smallest absolute Gasteiger partial charge is 0.305 e. The fourth-order valence-corrected chi connectivity index (χ4v) is 2.30. The summed E-state index contributed by atoms with van der Waals surface area (Å²) in [7, 11) is 0. The van der Waals surface area contributed by atoms with Crippen LogP contribution in [0.25, 0.3) is 0 Å². The molecule has 1 rings (SSSR count). The van der Waals surface area contributed by atoms with Crippen LogP contribution in [0.15, 0.2) is 18.2 Å². The molecule has 0 radical (unpaired) electrons. The Morgan fingerprint density at radius 3 is 2.52 bits per heavy atom. The van der Waals surface area contributed by atoms with E-state index >= 15 is 0 Å². The van der Waals surface area contributed by atoms with E-state index in [0.717, 1.165) is 18.5 Å². The zero-order chi connectivity index (χ0) is 15.8. The summed E-state index contributed by atoms with van der Waals surface area (Å²) in [5, 5.41) is 16.1. The average molecular weight is 314 g/mol. The van der Waals surface area contributed by atoms with Crippen LogP contribution in [0.4, 0.5) is 11.4 Å². The second-order valence-corrected chi connectivity index (χ2v) is 5.50. The van der Waals surface area contributed by atoms with Gasteiger partial charge in [-0.05, 0) is 31.0 Å². The van der Waals surface area contributed by atoms with Crippen LogP contribution in [0, 0.1) is 0 Å². The van der Waals surface area contributed by atoms with E-state index in [2.05, 4.69) is 24.5 Å². The predicted octanol–water partition coefficient (Wildman–Crippen LogP) is 2.96. The first-order valence-electron chi connectivity index (χ1n) is 7.23. The maximum absolute atomic E-state index is 11.0. The molecular formula is C15H24ClN3O2. The van der Waals surface area contributed by atoms with Crippen molar-refractivity contribution in [2.75, 3.05) is 17.6 Å². The Morgan fingerprint density at radius 2 is 2.00 bits per heavy atom. The van der Waals surface area contributed by atoms with E-state index in [0.29, 0.717) is 23.3 Å². The summed E-state index contributed by atoms with van der Waals surface area (Å²) in [4.78, 5) is 11.0. The molecule has 5 N–H and O–H groups in total. The number of halogens is 1. The molecule has 0 aliphatic heterocycles. The third kappa shape index (κ3) is 6.23. The third-order valence-electron chi connectivity index (χ3n) is 3.43. The predicted molar refractivity (Wildman–Crippen MR) is 87.9 cm³/mol. The van der Waals surface area contributed by atoms with Gasteiger partial charge in [0.2, 0.25) is 0 Å². The zero-order valence-corrected chi connectivity index (χ0v) is 13.3. The van der Waals surface area contributed by atoms with Gasteiger partial charge >= 0.3 is 5.97 Å². The van der Waals surface area contributed by atoms with Gasteiger partial charge in [-0.15, -0.1) is 0 Å². The van der Waals surface area contributed by atoms with Gasteiger partial charge in [0.05, 0.1) is 17.1 Å². The van der Waals surface area contributed by atoms with Crippen LogP contribution in [0.5, 0.6) is 0 Å². The minimum atomic E-state index is -0.833. The Balaban J connectivity index is 2.68. The normalized spacial score (nSPS) is 12.4. The number of nitrogen functional groups attached to an aromatic ring is 1. The third-order valence-corrected chi connectivity index (χ3v) is 3.76. The number of carboxylic acids is 1. The average Bonchev–Trinajstić information content (AvgIpc) is 2.43. The molecule has 0 amide bonds. The van der Waals surface area contributed by atoms with Gasteiger partial charge < -0.3 is 21.5 Å². The number of nitrogens with two attached hydrogens (primary N) is 1. The van der Waals surface area contributed by atoms with Gasteiger partial charge in [-0.25, -0.2) is 0 Å². The summed E-state index contributed by atoms with van der Waals surface area (Å²) in [6, 6.07) is 5.41. The lowest BCUT2D eigenvalue weighted by molar-refractivity contribution is -0.137. The number of carboxylic acid groups (broad SMARTS) is 1. The Labute approximate surface area is 130 Å². The van der Waals surface area contributed by atoms with Crippen molar-refractivity contribution in [3.63, 3.8) is 0 Å². The maximum Gasteiger partial charge on any atom is 0.305 e. The molecule has 5 nitrogen and oxygen atoms in total. The van der Waals surface area contributed by atoms with Crippen molar-refractivity contribution in [3.05, 3.63) is 23.2 Å². The molecule has 21 heavy (non-hydrogen) atoms. The zero-order valence-electron chi connectivity index (χ0n) is 12.5. The van der Waals surface area contributed by atoms with Gasteiger partial charge in [-0.2, -0.15) is 0 Å².